The van der Waals surface area contributed by atoms with Crippen molar-refractivity contribution in [1.82, 2.24) is 0 Å². The molecule has 0 fully saturated rings. The van der Waals surface area contributed by atoms with Gasteiger partial charge in [-0.25, -0.2) is 176 Å². The van der Waals surface area contributed by atoms with Crippen molar-refractivity contribution in [3.8, 4) is 55.6 Å². The molecule has 2 atom stereocenters. The summed E-state index contributed by atoms with van der Waals surface area (Å²) in [6.45, 7) is 6.89. The summed E-state index contributed by atoms with van der Waals surface area (Å²) in [5.74, 6) is -103. The van der Waals surface area contributed by atoms with Crippen molar-refractivity contribution >= 4 is 24.1 Å². The SMILES string of the molecule is CCCC(C)CPC.Fc1c(F)c(F)c(-c2c(C(F)(F)F)c(F)c(F)c(F)c2C(F)(F)C(F)(F)F)c(F)c1F.Fc1ccc(-c2c(F)c(F)c(F)c(F)c2F)c(F)c1F.Fc1ccc(-c2c(F)c(F)c(F)c(F)c2F)c(F)c1F.Fc1ccc(-c2c(F)c(F)c(F)c(F)c2F)c(F)c1F.Fc1ccc(-c2c(F)c(F)c(F)c(F)c2F)c(F)c1F.[O]=[Al][OH]. The standard InChI is InChI=1S/C15F16.4C12H2F8.C7H17P.Al.H2O.O/c16-5-2(6(17)10(21)12(23)9(5)20)1-3(13(24,25)15(29,30)31)7(18)11(22)8(19)4(1)14(26,27)28;4*13-4-2-1-3(6(14)7(4)15)5-8(16)10(18)12(20)11(19)9(5)17;1-4-5-7(2)6-8-3;;;/h;4*1-2H;7-8H,4-6H2,1-3H3;;1H2;/q;;;;;;+1;;/p-1. The second kappa shape index (κ2) is 41.1. The Morgan fingerprint density at radius 2 is 0.451 bits per heavy atom. The van der Waals surface area contributed by atoms with Gasteiger partial charge < -0.3 is 0 Å². The Bertz CT molecular complexity index is 5010. The van der Waals surface area contributed by atoms with Crippen LogP contribution >= 0.6 is 8.58 Å². The maximum absolute atomic E-state index is 13.9. The molecule has 2 nitrogen and oxygen atoms in total. The maximum atomic E-state index is 13.9. The monoisotopic (exact) mass is 1870 g/mol. The molecule has 0 aliphatic carbocycles. The molecule has 0 aliphatic rings. The van der Waals surface area contributed by atoms with Gasteiger partial charge in [0, 0.05) is 27.8 Å². The van der Waals surface area contributed by atoms with Crippen molar-refractivity contribution in [3.05, 3.63) is 292 Å². The molecule has 0 radical (unpaired) electrons. The van der Waals surface area contributed by atoms with Gasteiger partial charge in [-0.1, -0.05) is 26.7 Å². The Morgan fingerprint density at radius 3 is 0.631 bits per heavy atom. The molecule has 10 aromatic rings. The summed E-state index contributed by atoms with van der Waals surface area (Å²) in [6.07, 6.45) is -9.48. The van der Waals surface area contributed by atoms with Gasteiger partial charge >= 0.3 is 41.7 Å². The van der Waals surface area contributed by atoms with E-state index in [4.69, 9.17) is 7.96 Å². The van der Waals surface area contributed by atoms with E-state index >= 15 is 0 Å². The van der Waals surface area contributed by atoms with Crippen molar-refractivity contribution < 1.29 is 219 Å². The molecule has 0 aromatic heterocycles. The third-order valence-corrected chi connectivity index (χ3v) is 16.2. The molecule has 0 saturated heterocycles. The van der Waals surface area contributed by atoms with Gasteiger partial charge in [-0.3, -0.25) is 0 Å². The number of rotatable bonds is 10. The zero-order chi connectivity index (χ0) is 94.3. The molecule has 0 spiro atoms. The third-order valence-electron chi connectivity index (χ3n) is 15.1. The van der Waals surface area contributed by atoms with Gasteiger partial charge in [0.05, 0.1) is 33.4 Å². The summed E-state index contributed by atoms with van der Waals surface area (Å²) < 4.78 is 648. The van der Waals surface area contributed by atoms with Crippen LogP contribution in [-0.2, 0) is 15.9 Å². The van der Waals surface area contributed by atoms with E-state index in [1.54, 1.807) is 0 Å². The second-order valence-electron chi connectivity index (χ2n) is 22.8. The number of hydrogen-bond acceptors (Lipinski definition) is 1. The molecule has 52 heteroatoms. The average Bonchev–Trinajstić information content (AvgIpc) is 0.707. The molecule has 662 valence electrons. The van der Waals surface area contributed by atoms with Crippen LogP contribution in [0.3, 0.4) is 0 Å². The van der Waals surface area contributed by atoms with Gasteiger partial charge in [0.1, 0.15) is 5.56 Å². The van der Waals surface area contributed by atoms with E-state index in [0.717, 1.165) is 14.5 Å². The third kappa shape index (κ3) is 20.8. The van der Waals surface area contributed by atoms with Crippen molar-refractivity contribution in [1.29, 1.82) is 0 Å². The summed E-state index contributed by atoms with van der Waals surface area (Å²) in [4.78, 5) is 0. The van der Waals surface area contributed by atoms with Gasteiger partial charge in [-0.05, 0) is 67.3 Å². The van der Waals surface area contributed by atoms with Crippen molar-refractivity contribution in [2.45, 2.75) is 45.0 Å². The molecule has 122 heavy (non-hydrogen) atoms. The molecule has 2 unspecified atom stereocenters. The first-order valence-corrected chi connectivity index (χ1v) is 33.4. The van der Waals surface area contributed by atoms with Gasteiger partial charge in [0.15, 0.2) is 204 Å². The zero-order valence-electron chi connectivity index (χ0n) is 57.9. The van der Waals surface area contributed by atoms with Gasteiger partial charge in [-0.2, -0.15) is 35.1 Å². The van der Waals surface area contributed by atoms with Crippen LogP contribution in [0.1, 0.15) is 37.8 Å². The van der Waals surface area contributed by atoms with E-state index in [9.17, 15) is 211 Å². The molecular formula is C70H26AlF48O2P. The summed E-state index contributed by atoms with van der Waals surface area (Å²) in [5, 5.41) is 0. The van der Waals surface area contributed by atoms with Gasteiger partial charge in [0.2, 0.25) is 29.1 Å². The summed E-state index contributed by atoms with van der Waals surface area (Å²) in [6, 6.07) is 2.66. The Hall–Kier alpha value is -10.6. The molecule has 0 saturated carbocycles. The zero-order valence-corrected chi connectivity index (χ0v) is 60.0. The average molecular weight is 1870 g/mol. The van der Waals surface area contributed by atoms with Crippen LogP contribution in [0.15, 0.2) is 48.5 Å². The number of halogens is 48. The topological polar surface area (TPSA) is 37.3 Å². The van der Waals surface area contributed by atoms with Crippen LogP contribution in [0.4, 0.5) is 211 Å². The first-order chi connectivity index (χ1) is 56.1. The van der Waals surface area contributed by atoms with E-state index in [2.05, 4.69) is 20.5 Å². The fourth-order valence-corrected chi connectivity index (χ4v) is 10.5. The Labute approximate surface area is 652 Å². The van der Waals surface area contributed by atoms with E-state index in [1.165, 1.54) is 19.0 Å². The normalized spacial score (nSPS) is 11.6. The minimum atomic E-state index is -7.10. The molecule has 0 bridgehead atoms. The summed E-state index contributed by atoms with van der Waals surface area (Å²) in [7, 11) is 1.15. The Balaban J connectivity index is 0.000000313. The molecule has 10 aromatic carbocycles. The van der Waals surface area contributed by atoms with Crippen molar-refractivity contribution in [2.24, 2.45) is 5.92 Å². The van der Waals surface area contributed by atoms with Crippen LogP contribution in [0.5, 0.6) is 0 Å². The molecule has 10 rings (SSSR count). The summed E-state index contributed by atoms with van der Waals surface area (Å²) >= 11 is -1.50. The fraction of sp³-hybridized carbons (Fsp3) is 0.143. The second-order valence-corrected chi connectivity index (χ2v) is 24.1. The predicted octanol–water partition coefficient (Wildman–Crippen LogP) is 26.7. The van der Waals surface area contributed by atoms with Crippen LogP contribution in [0.2, 0.25) is 0 Å². The Morgan fingerprint density at radius 1 is 0.270 bits per heavy atom. The predicted molar refractivity (Wildman–Crippen MR) is 324 cm³/mol. The Kier molecular flexibility index (Phi) is 34.9. The molecule has 0 amide bonds. The van der Waals surface area contributed by atoms with Gasteiger partial charge in [0.25, 0.3) is 0 Å². The van der Waals surface area contributed by atoms with Gasteiger partial charge in [-0.15, -0.1) is 8.58 Å². The van der Waals surface area contributed by atoms with Crippen LogP contribution < -0.4 is 0 Å². The van der Waals surface area contributed by atoms with Crippen molar-refractivity contribution in [3.63, 3.8) is 0 Å². The first kappa shape index (κ1) is 104. The number of benzene rings is 10. The van der Waals surface area contributed by atoms with Crippen LogP contribution in [0, 0.1) is 239 Å². The molecular weight excluding hydrogens is 1840 g/mol. The number of hydrogen-bond donors (Lipinski definition) is 1. The quantitative estimate of drug-likeness (QED) is 0.0487. The van der Waals surface area contributed by atoms with Crippen LogP contribution in [0.25, 0.3) is 55.6 Å². The minimum absolute atomic E-state index is 0.297. The molecule has 0 heterocycles. The van der Waals surface area contributed by atoms with Crippen molar-refractivity contribution in [2.75, 3.05) is 12.8 Å². The van der Waals surface area contributed by atoms with E-state index < -0.39 is 333 Å². The fourth-order valence-electron chi connectivity index (χ4n) is 9.62. The number of alkyl halides is 8. The van der Waals surface area contributed by atoms with E-state index in [0.29, 0.717) is 48.5 Å². The van der Waals surface area contributed by atoms with E-state index in [1.807, 2.05) is 0 Å². The molecule has 1 N–H and O–H groups in total. The van der Waals surface area contributed by atoms with E-state index in [-0.39, 0.29) is 0 Å². The molecule has 0 aliphatic heterocycles. The first-order valence-electron chi connectivity index (χ1n) is 30.7. The van der Waals surface area contributed by atoms with Crippen LogP contribution in [-0.4, -0.2) is 38.6 Å². The summed E-state index contributed by atoms with van der Waals surface area (Å²) in [5.41, 5.74) is -26.0.